The average molecular weight is 355 g/mol. The highest BCUT2D eigenvalue weighted by Gasteiger charge is 2.24. The number of carbonyl (C=O) groups excluding carboxylic acids is 2. The minimum atomic E-state index is -0.308. The second kappa shape index (κ2) is 9.37. The molecule has 1 aromatic carbocycles. The van der Waals surface area contributed by atoms with Crippen LogP contribution in [0.5, 0.6) is 5.75 Å². The van der Waals surface area contributed by atoms with Crippen molar-refractivity contribution in [2.45, 2.75) is 19.8 Å². The Labute approximate surface area is 147 Å². The Bertz CT molecular complexity index is 559. The van der Waals surface area contributed by atoms with E-state index in [9.17, 15) is 9.59 Å². The van der Waals surface area contributed by atoms with Crippen molar-refractivity contribution in [1.82, 2.24) is 9.80 Å². The number of benzene rings is 1. The zero-order valence-electron chi connectivity index (χ0n) is 13.9. The molecule has 0 spiro atoms. The molecule has 0 bridgehead atoms. The highest BCUT2D eigenvalue weighted by molar-refractivity contribution is 6.32. The van der Waals surface area contributed by atoms with Gasteiger partial charge in [-0.3, -0.25) is 4.79 Å². The third-order valence-corrected chi connectivity index (χ3v) is 4.10. The van der Waals surface area contributed by atoms with Crippen molar-refractivity contribution in [2.24, 2.45) is 0 Å². The van der Waals surface area contributed by atoms with Gasteiger partial charge in [0, 0.05) is 32.6 Å². The second-order valence-corrected chi connectivity index (χ2v) is 5.86. The van der Waals surface area contributed by atoms with Gasteiger partial charge in [0.1, 0.15) is 5.75 Å². The first-order valence-corrected chi connectivity index (χ1v) is 8.56. The number of carbonyl (C=O) groups is 2. The molecule has 1 fully saturated rings. The van der Waals surface area contributed by atoms with Gasteiger partial charge in [0.05, 0.1) is 18.2 Å². The first-order valence-electron chi connectivity index (χ1n) is 8.18. The first kappa shape index (κ1) is 18.4. The van der Waals surface area contributed by atoms with E-state index in [1.54, 1.807) is 28.9 Å². The monoisotopic (exact) mass is 354 g/mol. The fourth-order valence-corrected chi connectivity index (χ4v) is 2.67. The third-order valence-electron chi connectivity index (χ3n) is 3.79. The van der Waals surface area contributed by atoms with Crippen LogP contribution in [0.1, 0.15) is 19.8 Å². The molecule has 0 N–H and O–H groups in total. The molecule has 0 aliphatic carbocycles. The summed E-state index contributed by atoms with van der Waals surface area (Å²) in [6, 6.07) is 7.27. The molecule has 132 valence electrons. The van der Waals surface area contributed by atoms with Crippen LogP contribution in [0.25, 0.3) is 0 Å². The van der Waals surface area contributed by atoms with Crippen molar-refractivity contribution in [1.29, 1.82) is 0 Å². The van der Waals surface area contributed by atoms with Gasteiger partial charge < -0.3 is 19.3 Å². The van der Waals surface area contributed by atoms with Gasteiger partial charge in [0.25, 0.3) is 0 Å². The summed E-state index contributed by atoms with van der Waals surface area (Å²) in [5, 5.41) is 0.568. The van der Waals surface area contributed by atoms with Crippen molar-refractivity contribution in [3.63, 3.8) is 0 Å². The summed E-state index contributed by atoms with van der Waals surface area (Å²) < 4.78 is 10.5. The summed E-state index contributed by atoms with van der Waals surface area (Å²) in [5.74, 6) is 0.718. The summed E-state index contributed by atoms with van der Waals surface area (Å²) in [4.78, 5) is 27.2. The molecule has 1 heterocycles. The van der Waals surface area contributed by atoms with Crippen molar-refractivity contribution < 1.29 is 19.1 Å². The Morgan fingerprint density at radius 1 is 1.12 bits per heavy atom. The van der Waals surface area contributed by atoms with Gasteiger partial charge in [-0.2, -0.15) is 0 Å². The number of nitrogens with zero attached hydrogens (tertiary/aromatic N) is 2. The van der Waals surface area contributed by atoms with Gasteiger partial charge in [0.15, 0.2) is 0 Å². The lowest BCUT2D eigenvalue weighted by atomic mass is 10.2. The molecule has 1 aliphatic heterocycles. The topological polar surface area (TPSA) is 59.1 Å². The summed E-state index contributed by atoms with van der Waals surface area (Å²) in [5.41, 5.74) is 0. The molecule has 2 rings (SSSR count). The zero-order chi connectivity index (χ0) is 17.4. The minimum Gasteiger partial charge on any atom is -0.492 e. The summed E-state index contributed by atoms with van der Waals surface area (Å²) in [7, 11) is 0. The van der Waals surface area contributed by atoms with Gasteiger partial charge in [-0.25, -0.2) is 4.79 Å². The Morgan fingerprint density at radius 3 is 2.46 bits per heavy atom. The number of ether oxygens (including phenoxy) is 2. The van der Waals surface area contributed by atoms with E-state index in [1.165, 1.54) is 0 Å². The smallest absolute Gasteiger partial charge is 0.409 e. The van der Waals surface area contributed by atoms with Crippen LogP contribution in [0.4, 0.5) is 4.79 Å². The van der Waals surface area contributed by atoms with Crippen LogP contribution in [0, 0.1) is 0 Å². The van der Waals surface area contributed by atoms with Gasteiger partial charge >= 0.3 is 6.09 Å². The van der Waals surface area contributed by atoms with E-state index in [1.807, 2.05) is 12.1 Å². The van der Waals surface area contributed by atoms with E-state index in [0.29, 0.717) is 63.0 Å². The Morgan fingerprint density at radius 2 is 1.79 bits per heavy atom. The lowest BCUT2D eigenvalue weighted by Gasteiger charge is -2.34. The van der Waals surface area contributed by atoms with E-state index in [4.69, 9.17) is 21.1 Å². The quantitative estimate of drug-likeness (QED) is 0.737. The Hall–Kier alpha value is -1.95. The van der Waals surface area contributed by atoms with E-state index in [-0.39, 0.29) is 12.0 Å². The zero-order valence-corrected chi connectivity index (χ0v) is 14.6. The van der Waals surface area contributed by atoms with E-state index in [2.05, 4.69) is 0 Å². The molecule has 0 unspecified atom stereocenters. The first-order chi connectivity index (χ1) is 11.6. The second-order valence-electron chi connectivity index (χ2n) is 5.45. The highest BCUT2D eigenvalue weighted by atomic mass is 35.5. The number of hydrogen-bond acceptors (Lipinski definition) is 4. The number of halogens is 1. The largest absolute Gasteiger partial charge is 0.492 e. The molecular weight excluding hydrogens is 332 g/mol. The van der Waals surface area contributed by atoms with Crippen LogP contribution in [0.15, 0.2) is 24.3 Å². The van der Waals surface area contributed by atoms with Crippen LogP contribution in [0.3, 0.4) is 0 Å². The van der Waals surface area contributed by atoms with Crippen LogP contribution < -0.4 is 4.74 Å². The van der Waals surface area contributed by atoms with Gasteiger partial charge in [-0.05, 0) is 25.5 Å². The van der Waals surface area contributed by atoms with Crippen LogP contribution >= 0.6 is 11.6 Å². The summed E-state index contributed by atoms with van der Waals surface area (Å²) >= 11 is 6.01. The molecule has 1 aliphatic rings. The molecule has 1 aromatic rings. The Balaban J connectivity index is 1.65. The Kier molecular flexibility index (Phi) is 7.18. The van der Waals surface area contributed by atoms with Crippen molar-refractivity contribution in [3.8, 4) is 5.75 Å². The van der Waals surface area contributed by atoms with Gasteiger partial charge in [0.2, 0.25) is 5.91 Å². The van der Waals surface area contributed by atoms with Crippen LogP contribution in [0.2, 0.25) is 5.02 Å². The molecule has 0 radical (unpaired) electrons. The molecule has 6 nitrogen and oxygen atoms in total. The molecule has 2 amide bonds. The van der Waals surface area contributed by atoms with Crippen molar-refractivity contribution in [2.75, 3.05) is 39.4 Å². The third kappa shape index (κ3) is 5.30. The standard InChI is InChI=1S/C17H23ClN2O4/c1-2-23-17(22)20-11-9-19(10-12-20)16(21)8-5-13-24-15-7-4-3-6-14(15)18/h3-4,6-7H,2,5,8-13H2,1H3. The van der Waals surface area contributed by atoms with E-state index < -0.39 is 0 Å². The molecule has 1 saturated heterocycles. The van der Waals surface area contributed by atoms with Gasteiger partial charge in [-0.15, -0.1) is 0 Å². The lowest BCUT2D eigenvalue weighted by molar-refractivity contribution is -0.133. The van der Waals surface area contributed by atoms with Crippen LogP contribution in [-0.4, -0.2) is 61.2 Å². The normalized spacial score (nSPS) is 14.4. The molecule has 0 aromatic heterocycles. The molecule has 0 atom stereocenters. The molecule has 7 heteroatoms. The fraction of sp³-hybridized carbons (Fsp3) is 0.529. The number of amides is 2. The molecular formula is C17H23ClN2O4. The maximum Gasteiger partial charge on any atom is 0.409 e. The molecule has 24 heavy (non-hydrogen) atoms. The number of para-hydroxylation sites is 1. The molecule has 0 saturated carbocycles. The van der Waals surface area contributed by atoms with Crippen molar-refractivity contribution >= 4 is 23.6 Å². The van der Waals surface area contributed by atoms with Crippen LogP contribution in [-0.2, 0) is 9.53 Å². The average Bonchev–Trinajstić information content (AvgIpc) is 2.60. The summed E-state index contributed by atoms with van der Waals surface area (Å²) in [6.45, 7) is 4.71. The lowest BCUT2D eigenvalue weighted by Crippen LogP contribution is -2.50. The SMILES string of the molecule is CCOC(=O)N1CCN(C(=O)CCCOc2ccccc2Cl)CC1. The number of hydrogen-bond donors (Lipinski definition) is 0. The van der Waals surface area contributed by atoms with Gasteiger partial charge in [-0.1, -0.05) is 23.7 Å². The predicted octanol–water partition coefficient (Wildman–Crippen LogP) is 2.80. The van der Waals surface area contributed by atoms with E-state index in [0.717, 1.165) is 0 Å². The van der Waals surface area contributed by atoms with Crippen molar-refractivity contribution in [3.05, 3.63) is 29.3 Å². The number of piperazine rings is 1. The maximum atomic E-state index is 12.2. The van der Waals surface area contributed by atoms with E-state index >= 15 is 0 Å². The minimum absolute atomic E-state index is 0.0845. The summed E-state index contributed by atoms with van der Waals surface area (Å²) in [6.07, 6.45) is 0.740. The maximum absolute atomic E-state index is 12.2. The number of rotatable bonds is 6. The predicted molar refractivity (Wildman–Crippen MR) is 91.4 cm³/mol. The fourth-order valence-electron chi connectivity index (χ4n) is 2.48. The highest BCUT2D eigenvalue weighted by Crippen LogP contribution is 2.23.